The number of fused-ring (bicyclic) bond motifs is 5. The minimum atomic E-state index is -1.42. The minimum Gasteiger partial charge on any atom is -0.458 e. The molecule has 41 heavy (non-hydrogen) atoms. The first-order valence-corrected chi connectivity index (χ1v) is 15.0. The summed E-state index contributed by atoms with van der Waals surface area (Å²) in [4.78, 5) is 24.9. The number of esters is 1. The van der Waals surface area contributed by atoms with E-state index in [0.717, 1.165) is 11.9 Å². The monoisotopic (exact) mass is 580 g/mol. The molecule has 2 aliphatic heterocycles. The molecule has 6 rings (SSSR count). The van der Waals surface area contributed by atoms with Crippen LogP contribution in [0.15, 0.2) is 11.6 Å². The summed E-state index contributed by atoms with van der Waals surface area (Å²) in [6, 6.07) is 0. The van der Waals surface area contributed by atoms with E-state index in [9.17, 15) is 35.1 Å². The third-order valence-electron chi connectivity index (χ3n) is 12.3. The van der Waals surface area contributed by atoms with Crippen molar-refractivity contribution < 1.29 is 54.1 Å². The standard InChI is InChI=1S/C30H44O11/c1-15-23(34)24(35)25(38-3)26(40-15)41-17-4-7-28(14-31)20-11-21(32)27(2)18(16-10-22(33)39-13-16)6-9-30(27,37)19(20)5-8-29(28,36)12-17/h10,14-15,17-21,23-26,32,34-37H,4-9,11-13H2,1-3H3/t15-,17+,18-,19-,20+,21-,23-,24+,25-,26-,27+,28+,29+,30+/m1/s1. The summed E-state index contributed by atoms with van der Waals surface area (Å²) in [5.74, 6) is -1.36. The summed E-state index contributed by atoms with van der Waals surface area (Å²) in [6.07, 6.45) is -1.06. The lowest BCUT2D eigenvalue weighted by Gasteiger charge is -2.66. The molecule has 6 aliphatic rings. The van der Waals surface area contributed by atoms with E-state index in [1.807, 2.05) is 6.92 Å². The number of hydrogen-bond donors (Lipinski definition) is 5. The van der Waals surface area contributed by atoms with Crippen molar-refractivity contribution in [3.8, 4) is 0 Å². The second-order valence-electron chi connectivity index (χ2n) is 13.7. The summed E-state index contributed by atoms with van der Waals surface area (Å²) >= 11 is 0. The Hall–Kier alpha value is -1.44. The molecule has 0 aromatic carbocycles. The van der Waals surface area contributed by atoms with Crippen LogP contribution in [0, 0.1) is 28.6 Å². The summed E-state index contributed by atoms with van der Waals surface area (Å²) in [7, 11) is 1.40. The summed E-state index contributed by atoms with van der Waals surface area (Å²) in [5.41, 5.74) is -3.98. The number of carbonyl (C=O) groups excluding carboxylic acids is 2. The van der Waals surface area contributed by atoms with Crippen LogP contribution in [0.1, 0.15) is 65.2 Å². The molecule has 4 aliphatic carbocycles. The van der Waals surface area contributed by atoms with Gasteiger partial charge in [-0.15, -0.1) is 0 Å². The number of ether oxygens (including phenoxy) is 4. The first-order chi connectivity index (χ1) is 19.3. The molecule has 11 nitrogen and oxygen atoms in total. The van der Waals surface area contributed by atoms with Crippen LogP contribution in [0.5, 0.6) is 0 Å². The van der Waals surface area contributed by atoms with Crippen molar-refractivity contribution in [2.45, 2.75) is 119 Å². The van der Waals surface area contributed by atoms with E-state index in [2.05, 4.69) is 0 Å². The number of hydrogen-bond acceptors (Lipinski definition) is 11. The molecule has 1 saturated heterocycles. The summed E-state index contributed by atoms with van der Waals surface area (Å²) in [6.45, 7) is 3.70. The topological polar surface area (TPSA) is 172 Å². The smallest absolute Gasteiger partial charge is 0.331 e. The molecular weight excluding hydrogens is 536 g/mol. The first-order valence-electron chi connectivity index (χ1n) is 15.0. The van der Waals surface area contributed by atoms with Crippen molar-refractivity contribution in [1.29, 1.82) is 0 Å². The van der Waals surface area contributed by atoms with E-state index in [4.69, 9.17) is 18.9 Å². The van der Waals surface area contributed by atoms with Crippen LogP contribution >= 0.6 is 0 Å². The minimum absolute atomic E-state index is 0.152. The van der Waals surface area contributed by atoms with Crippen LogP contribution in [-0.4, -0.2) is 106 Å². The fourth-order valence-electron chi connectivity index (χ4n) is 9.98. The molecule has 0 radical (unpaired) electrons. The maximum absolute atomic E-state index is 13.1. The zero-order valence-corrected chi connectivity index (χ0v) is 24.0. The van der Waals surface area contributed by atoms with Gasteiger partial charge in [-0.2, -0.15) is 0 Å². The molecular formula is C30H44O11. The van der Waals surface area contributed by atoms with Gasteiger partial charge in [0.2, 0.25) is 0 Å². The number of aliphatic hydroxyl groups excluding tert-OH is 3. The Balaban J connectivity index is 1.25. The molecule has 5 fully saturated rings. The van der Waals surface area contributed by atoms with Gasteiger partial charge in [0.05, 0.1) is 34.9 Å². The Bertz CT molecular complexity index is 1100. The molecule has 0 bridgehead atoms. The van der Waals surface area contributed by atoms with Gasteiger partial charge in [0.15, 0.2) is 6.29 Å². The largest absolute Gasteiger partial charge is 0.458 e. The third-order valence-corrected chi connectivity index (χ3v) is 12.3. The van der Waals surface area contributed by atoms with Gasteiger partial charge in [-0.05, 0) is 75.2 Å². The van der Waals surface area contributed by atoms with E-state index < -0.39 is 76.8 Å². The van der Waals surface area contributed by atoms with Gasteiger partial charge < -0.3 is 49.3 Å². The molecule has 4 saturated carbocycles. The van der Waals surface area contributed by atoms with Gasteiger partial charge in [-0.1, -0.05) is 6.92 Å². The second kappa shape index (κ2) is 10.1. The average molecular weight is 581 g/mol. The molecule has 0 spiro atoms. The number of cyclic esters (lactones) is 1. The van der Waals surface area contributed by atoms with Gasteiger partial charge in [0, 0.05) is 25.0 Å². The number of rotatable bonds is 5. The summed E-state index contributed by atoms with van der Waals surface area (Å²) in [5, 5.41) is 57.0. The zero-order valence-electron chi connectivity index (χ0n) is 24.0. The first kappa shape index (κ1) is 29.6. The molecule has 0 aromatic heterocycles. The van der Waals surface area contributed by atoms with Crippen LogP contribution < -0.4 is 0 Å². The Labute approximate surface area is 239 Å². The van der Waals surface area contributed by atoms with Gasteiger partial charge >= 0.3 is 5.97 Å². The van der Waals surface area contributed by atoms with Crippen LogP contribution in [0.2, 0.25) is 0 Å². The fraction of sp³-hybridized carbons (Fsp3) is 0.867. The van der Waals surface area contributed by atoms with E-state index in [1.54, 1.807) is 6.92 Å². The van der Waals surface area contributed by atoms with Crippen LogP contribution in [-0.2, 0) is 28.5 Å². The van der Waals surface area contributed by atoms with Gasteiger partial charge in [-0.25, -0.2) is 4.79 Å². The van der Waals surface area contributed by atoms with Crippen LogP contribution in [0.25, 0.3) is 0 Å². The van der Waals surface area contributed by atoms with E-state index in [1.165, 1.54) is 13.2 Å². The normalized spacial score (nSPS) is 54.9. The lowest BCUT2D eigenvalue weighted by atomic mass is 9.41. The van der Waals surface area contributed by atoms with Crippen LogP contribution in [0.3, 0.4) is 0 Å². The maximum Gasteiger partial charge on any atom is 0.331 e. The Kier molecular flexibility index (Phi) is 7.26. The zero-order chi connectivity index (χ0) is 29.5. The Morgan fingerprint density at radius 3 is 2.46 bits per heavy atom. The maximum atomic E-state index is 13.1. The van der Waals surface area contributed by atoms with Gasteiger partial charge in [0.1, 0.15) is 31.2 Å². The SMILES string of the molecule is CO[C@H]1[C@@H](O[C@H]2CC[C@]3(C=O)[C@H]4C[C@@H](O)[C@]5(C)[C@@H](C6=CC(=O)OC6)CC[C@]5(O)[C@@H]4CC[C@]3(O)C2)O[C@H](C)[C@@H](O)[C@@H]1O. The highest BCUT2D eigenvalue weighted by atomic mass is 16.7. The van der Waals surface area contributed by atoms with Crippen molar-refractivity contribution in [2.24, 2.45) is 28.6 Å². The Morgan fingerprint density at radius 2 is 1.80 bits per heavy atom. The third kappa shape index (κ3) is 4.00. The molecule has 0 unspecified atom stereocenters. The van der Waals surface area contributed by atoms with E-state index >= 15 is 0 Å². The van der Waals surface area contributed by atoms with E-state index in [-0.39, 0.29) is 37.7 Å². The summed E-state index contributed by atoms with van der Waals surface area (Å²) < 4.78 is 22.6. The molecule has 0 amide bonds. The van der Waals surface area contributed by atoms with Crippen molar-refractivity contribution in [1.82, 2.24) is 0 Å². The fourth-order valence-corrected chi connectivity index (χ4v) is 9.98. The predicted octanol–water partition coefficient (Wildman–Crippen LogP) is 0.375. The highest BCUT2D eigenvalue weighted by Crippen LogP contribution is 2.70. The quantitative estimate of drug-likeness (QED) is 0.173. The van der Waals surface area contributed by atoms with Crippen molar-refractivity contribution in [2.75, 3.05) is 13.7 Å². The van der Waals surface area contributed by atoms with Crippen molar-refractivity contribution >= 4 is 12.3 Å². The van der Waals surface area contributed by atoms with Gasteiger partial charge in [-0.3, -0.25) is 0 Å². The average Bonchev–Trinajstić information content (AvgIpc) is 3.48. The van der Waals surface area contributed by atoms with Gasteiger partial charge in [0.25, 0.3) is 0 Å². The van der Waals surface area contributed by atoms with Crippen molar-refractivity contribution in [3.05, 3.63) is 11.6 Å². The van der Waals surface area contributed by atoms with Crippen molar-refractivity contribution in [3.63, 3.8) is 0 Å². The van der Waals surface area contributed by atoms with E-state index in [0.29, 0.717) is 32.1 Å². The lowest BCUT2D eigenvalue weighted by Crippen LogP contribution is -2.71. The highest BCUT2D eigenvalue weighted by molar-refractivity contribution is 5.85. The highest BCUT2D eigenvalue weighted by Gasteiger charge is 2.74. The molecule has 2 heterocycles. The lowest BCUT2D eigenvalue weighted by molar-refractivity contribution is -0.322. The second-order valence-corrected chi connectivity index (χ2v) is 13.7. The molecule has 5 N–H and O–H groups in total. The van der Waals surface area contributed by atoms with Crippen LogP contribution in [0.4, 0.5) is 0 Å². The number of aldehydes is 1. The molecule has 14 atom stereocenters. The number of methoxy groups -OCH3 is 1. The predicted molar refractivity (Wildman–Crippen MR) is 141 cm³/mol. The Morgan fingerprint density at radius 1 is 1.05 bits per heavy atom. The number of carbonyl (C=O) groups is 2. The molecule has 0 aromatic rings. The number of aliphatic hydroxyl groups is 5. The molecule has 230 valence electrons. The molecule has 11 heteroatoms.